The summed E-state index contributed by atoms with van der Waals surface area (Å²) in [5.74, 6) is 0.472. The van der Waals surface area contributed by atoms with Crippen LogP contribution in [-0.2, 0) is 4.74 Å². The smallest absolute Gasteiger partial charge is 0.188 e. The maximum absolute atomic E-state index is 5.86. The summed E-state index contributed by atoms with van der Waals surface area (Å²) in [4.78, 5) is 6.66. The van der Waals surface area contributed by atoms with Crippen LogP contribution in [0.2, 0.25) is 0 Å². The average molecular weight is 420 g/mol. The molecule has 0 heterocycles. The van der Waals surface area contributed by atoms with E-state index in [4.69, 9.17) is 10.5 Å². The molecule has 1 aromatic carbocycles. The van der Waals surface area contributed by atoms with E-state index in [-0.39, 0.29) is 30.0 Å². The van der Waals surface area contributed by atoms with Crippen molar-refractivity contribution in [1.82, 2.24) is 5.32 Å². The molecule has 5 nitrogen and oxygen atoms in total. The van der Waals surface area contributed by atoms with Crippen LogP contribution in [0.25, 0.3) is 0 Å². The van der Waals surface area contributed by atoms with Crippen LogP contribution in [0.5, 0.6) is 0 Å². The van der Waals surface area contributed by atoms with Crippen LogP contribution in [0, 0.1) is 6.92 Å². The number of nitrogens with two attached hydrogens (primary N) is 1. The predicted molar refractivity (Wildman–Crippen MR) is 105 cm³/mol. The molecule has 3 N–H and O–H groups in total. The highest BCUT2D eigenvalue weighted by atomic mass is 127. The Morgan fingerprint density at radius 2 is 2.18 bits per heavy atom. The van der Waals surface area contributed by atoms with Crippen LogP contribution >= 0.6 is 24.0 Å². The van der Waals surface area contributed by atoms with Gasteiger partial charge >= 0.3 is 0 Å². The first-order chi connectivity index (χ1) is 10.1. The second-order valence-electron chi connectivity index (χ2n) is 5.19. The fraction of sp³-hybridized carbons (Fsp3) is 0.562. The van der Waals surface area contributed by atoms with Crippen molar-refractivity contribution < 1.29 is 4.74 Å². The molecule has 0 aliphatic rings. The number of nitrogens with zero attached hydrogens (tertiary/aromatic N) is 2. The molecule has 0 aromatic heterocycles. The van der Waals surface area contributed by atoms with Crippen LogP contribution in [0.4, 0.5) is 5.69 Å². The monoisotopic (exact) mass is 420 g/mol. The molecule has 0 fully saturated rings. The van der Waals surface area contributed by atoms with E-state index in [1.165, 1.54) is 11.3 Å². The first-order valence-corrected chi connectivity index (χ1v) is 7.43. The normalized spacial score (nSPS) is 12.5. The summed E-state index contributed by atoms with van der Waals surface area (Å²) < 4.78 is 5.05. The van der Waals surface area contributed by atoms with Gasteiger partial charge < -0.3 is 20.7 Å². The van der Waals surface area contributed by atoms with Crippen LogP contribution in [0.15, 0.2) is 29.3 Å². The highest BCUT2D eigenvalue weighted by Gasteiger charge is 2.04. The molecule has 1 atom stereocenters. The number of ether oxygens (including phenoxy) is 1. The molecule has 6 heteroatoms. The molecule has 0 amide bonds. The first kappa shape index (κ1) is 21.0. The number of nitrogens with one attached hydrogen (secondary N) is 1. The summed E-state index contributed by atoms with van der Waals surface area (Å²) in [6.45, 7) is 9.34. The van der Waals surface area contributed by atoms with E-state index < -0.39 is 0 Å². The van der Waals surface area contributed by atoms with Gasteiger partial charge in [-0.2, -0.15) is 0 Å². The summed E-state index contributed by atoms with van der Waals surface area (Å²) in [5.41, 5.74) is 8.36. The lowest BCUT2D eigenvalue weighted by Gasteiger charge is -2.22. The Morgan fingerprint density at radius 3 is 2.77 bits per heavy atom. The zero-order valence-electron chi connectivity index (χ0n) is 14.0. The molecule has 0 aliphatic heterocycles. The van der Waals surface area contributed by atoms with Crippen LogP contribution in [-0.4, -0.2) is 45.4 Å². The Morgan fingerprint density at radius 1 is 1.45 bits per heavy atom. The molecule has 0 spiro atoms. The van der Waals surface area contributed by atoms with Crippen LogP contribution in [0.1, 0.15) is 19.4 Å². The average Bonchev–Trinajstić information content (AvgIpc) is 2.43. The van der Waals surface area contributed by atoms with Crippen molar-refractivity contribution in [1.29, 1.82) is 0 Å². The molecule has 22 heavy (non-hydrogen) atoms. The Hall–Kier alpha value is -1.02. The molecule has 1 aromatic rings. The van der Waals surface area contributed by atoms with Gasteiger partial charge in [-0.3, -0.25) is 4.99 Å². The standard InChI is InChI=1S/C16H28N4O.HI/c1-5-20(15-8-6-7-13(2)11-15)10-9-18-16(17)19-14(3)12-21-4;/h6-8,11,14H,5,9-10,12H2,1-4H3,(H3,17,18,19);1H. The van der Waals surface area contributed by atoms with Gasteiger partial charge in [-0.05, 0) is 38.5 Å². The molecule has 126 valence electrons. The van der Waals surface area contributed by atoms with Crippen molar-refractivity contribution in [3.05, 3.63) is 29.8 Å². The summed E-state index contributed by atoms with van der Waals surface area (Å²) in [6.07, 6.45) is 0. The number of aliphatic imine (C=N–C) groups is 1. The quantitative estimate of drug-likeness (QED) is 0.385. The molecule has 0 radical (unpaired) electrons. The number of rotatable bonds is 8. The first-order valence-electron chi connectivity index (χ1n) is 7.43. The van der Waals surface area contributed by atoms with E-state index in [2.05, 4.69) is 53.3 Å². The van der Waals surface area contributed by atoms with Crippen molar-refractivity contribution in [2.24, 2.45) is 10.7 Å². The van der Waals surface area contributed by atoms with Crippen molar-refractivity contribution in [3.8, 4) is 0 Å². The van der Waals surface area contributed by atoms with Gasteiger partial charge in [0.1, 0.15) is 0 Å². The van der Waals surface area contributed by atoms with Gasteiger partial charge in [0.25, 0.3) is 0 Å². The molecule has 0 aliphatic carbocycles. The Kier molecular flexibility index (Phi) is 11.0. The third-order valence-corrected chi connectivity index (χ3v) is 3.21. The van der Waals surface area contributed by atoms with Gasteiger partial charge in [0.2, 0.25) is 0 Å². The highest BCUT2D eigenvalue weighted by molar-refractivity contribution is 14.0. The van der Waals surface area contributed by atoms with Gasteiger partial charge in [0.05, 0.1) is 13.2 Å². The molecule has 1 rings (SSSR count). The van der Waals surface area contributed by atoms with E-state index in [1.807, 2.05) is 6.92 Å². The van der Waals surface area contributed by atoms with Crippen molar-refractivity contribution in [3.63, 3.8) is 0 Å². The number of anilines is 1. The largest absolute Gasteiger partial charge is 0.383 e. The van der Waals surface area contributed by atoms with Gasteiger partial charge in [0.15, 0.2) is 5.96 Å². The lowest BCUT2D eigenvalue weighted by molar-refractivity contribution is 0.179. The van der Waals surface area contributed by atoms with Gasteiger partial charge in [0, 0.05) is 31.9 Å². The maximum Gasteiger partial charge on any atom is 0.188 e. The van der Waals surface area contributed by atoms with E-state index in [0.29, 0.717) is 19.1 Å². The SMILES string of the molecule is CCN(CCN=C(N)NC(C)COC)c1cccc(C)c1.I. The number of hydrogen-bond acceptors (Lipinski definition) is 3. The summed E-state index contributed by atoms with van der Waals surface area (Å²) in [5, 5.41) is 3.11. The molecular weight excluding hydrogens is 391 g/mol. The Labute approximate surface area is 151 Å². The van der Waals surface area contributed by atoms with Gasteiger partial charge in [-0.15, -0.1) is 24.0 Å². The summed E-state index contributed by atoms with van der Waals surface area (Å²) >= 11 is 0. The minimum Gasteiger partial charge on any atom is -0.383 e. The fourth-order valence-electron chi connectivity index (χ4n) is 2.18. The van der Waals surface area contributed by atoms with Crippen LogP contribution in [0.3, 0.4) is 0 Å². The number of aryl methyl sites for hydroxylation is 1. The lowest BCUT2D eigenvalue weighted by Crippen LogP contribution is -2.41. The minimum atomic E-state index is 0. The minimum absolute atomic E-state index is 0. The number of guanidine groups is 1. The second-order valence-corrected chi connectivity index (χ2v) is 5.19. The maximum atomic E-state index is 5.86. The number of methoxy groups -OCH3 is 1. The van der Waals surface area contributed by atoms with Crippen molar-refractivity contribution >= 4 is 35.6 Å². The number of benzene rings is 1. The van der Waals surface area contributed by atoms with E-state index in [9.17, 15) is 0 Å². The molecule has 0 saturated carbocycles. The second kappa shape index (κ2) is 11.5. The topological polar surface area (TPSA) is 62.9 Å². The van der Waals surface area contributed by atoms with E-state index in [0.717, 1.165) is 13.1 Å². The van der Waals surface area contributed by atoms with Crippen molar-refractivity contribution in [2.45, 2.75) is 26.8 Å². The zero-order chi connectivity index (χ0) is 15.7. The predicted octanol–water partition coefficient (Wildman–Crippen LogP) is 2.38. The third-order valence-electron chi connectivity index (χ3n) is 3.21. The molecule has 0 saturated heterocycles. The Balaban J connectivity index is 0.00000441. The van der Waals surface area contributed by atoms with E-state index >= 15 is 0 Å². The fourth-order valence-corrected chi connectivity index (χ4v) is 2.18. The van der Waals surface area contributed by atoms with E-state index in [1.54, 1.807) is 7.11 Å². The Bertz CT molecular complexity index is 454. The third kappa shape index (κ3) is 7.84. The van der Waals surface area contributed by atoms with Crippen LogP contribution < -0.4 is 16.0 Å². The molecule has 0 bridgehead atoms. The van der Waals surface area contributed by atoms with Gasteiger partial charge in [-0.1, -0.05) is 12.1 Å². The zero-order valence-corrected chi connectivity index (χ0v) is 16.3. The summed E-state index contributed by atoms with van der Waals surface area (Å²) in [7, 11) is 1.67. The number of halogens is 1. The number of likely N-dealkylation sites (N-methyl/N-ethyl adjacent to an activating group) is 1. The van der Waals surface area contributed by atoms with Crippen molar-refractivity contribution in [2.75, 3.05) is 38.3 Å². The molecule has 1 unspecified atom stereocenters. The lowest BCUT2D eigenvalue weighted by atomic mass is 10.2. The highest BCUT2D eigenvalue weighted by Crippen LogP contribution is 2.15. The summed E-state index contributed by atoms with van der Waals surface area (Å²) in [6, 6.07) is 8.67. The molecular formula is C16H29IN4O. The van der Waals surface area contributed by atoms with Gasteiger partial charge in [-0.25, -0.2) is 0 Å². The number of hydrogen-bond donors (Lipinski definition) is 2.